The minimum atomic E-state index is 0.512. The Morgan fingerprint density at radius 2 is 2.05 bits per heavy atom. The lowest BCUT2D eigenvalue weighted by molar-refractivity contribution is 0.506. The topological polar surface area (TPSA) is 54.8 Å². The second-order valence-electron chi connectivity index (χ2n) is 5.22. The van der Waals surface area contributed by atoms with E-state index in [0.717, 1.165) is 24.4 Å². The zero-order chi connectivity index (χ0) is 14.1. The van der Waals surface area contributed by atoms with Crippen molar-refractivity contribution in [3.05, 3.63) is 41.1 Å². The number of nitrogens with zero attached hydrogens (tertiary/aromatic N) is 5. The predicted octanol–water partition coefficient (Wildman–Crippen LogP) is 2.87. The Bertz CT molecular complexity index is 743. The molecule has 5 nitrogen and oxygen atoms in total. The summed E-state index contributed by atoms with van der Waals surface area (Å²) in [5, 5.41) is 3.29. The molecule has 0 N–H and O–H groups in total. The molecule has 106 valence electrons. The van der Waals surface area contributed by atoms with Crippen LogP contribution in [0.3, 0.4) is 0 Å². The van der Waals surface area contributed by atoms with Gasteiger partial charge in [0, 0.05) is 43.0 Å². The molecule has 0 aromatic carbocycles. The third-order valence-corrected chi connectivity index (χ3v) is 4.80. The van der Waals surface area contributed by atoms with E-state index in [4.69, 9.17) is 0 Å². The molecular formula is C15H15N5S. The minimum absolute atomic E-state index is 0.512. The van der Waals surface area contributed by atoms with Crippen LogP contribution in [-0.2, 0) is 0 Å². The second kappa shape index (κ2) is 5.37. The van der Waals surface area contributed by atoms with E-state index in [1.807, 2.05) is 18.3 Å². The van der Waals surface area contributed by atoms with Gasteiger partial charge in [0.2, 0.25) is 0 Å². The van der Waals surface area contributed by atoms with E-state index in [1.165, 1.54) is 17.8 Å². The number of hydrogen-bond donors (Lipinski definition) is 0. The summed E-state index contributed by atoms with van der Waals surface area (Å²) in [5.41, 5.74) is 1.56. The van der Waals surface area contributed by atoms with Crippen LogP contribution in [0.25, 0.3) is 11.2 Å². The van der Waals surface area contributed by atoms with Crippen LogP contribution in [0, 0.1) is 0 Å². The van der Waals surface area contributed by atoms with E-state index in [1.54, 1.807) is 23.7 Å². The van der Waals surface area contributed by atoms with Crippen molar-refractivity contribution in [1.29, 1.82) is 0 Å². The maximum atomic E-state index is 4.65. The van der Waals surface area contributed by atoms with E-state index in [2.05, 4.69) is 30.2 Å². The fourth-order valence-electron chi connectivity index (χ4n) is 2.84. The van der Waals surface area contributed by atoms with Gasteiger partial charge in [-0.05, 0) is 25.0 Å². The van der Waals surface area contributed by atoms with Crippen LogP contribution < -0.4 is 4.90 Å². The van der Waals surface area contributed by atoms with Crippen molar-refractivity contribution in [2.45, 2.75) is 18.8 Å². The highest BCUT2D eigenvalue weighted by atomic mass is 32.1. The molecule has 3 aromatic heterocycles. The molecule has 1 atom stereocenters. The molecule has 0 bridgehead atoms. The van der Waals surface area contributed by atoms with Crippen LogP contribution in [0.2, 0.25) is 0 Å². The summed E-state index contributed by atoms with van der Waals surface area (Å²) >= 11 is 1.75. The average Bonchev–Trinajstić information content (AvgIpc) is 3.09. The van der Waals surface area contributed by atoms with Crippen molar-refractivity contribution in [2.24, 2.45) is 0 Å². The Morgan fingerprint density at radius 3 is 2.95 bits per heavy atom. The van der Waals surface area contributed by atoms with Crippen LogP contribution in [-0.4, -0.2) is 33.0 Å². The Labute approximate surface area is 126 Å². The van der Waals surface area contributed by atoms with Gasteiger partial charge < -0.3 is 4.90 Å². The van der Waals surface area contributed by atoms with Crippen LogP contribution in [0.4, 0.5) is 5.82 Å². The summed E-state index contributed by atoms with van der Waals surface area (Å²) < 4.78 is 0. The van der Waals surface area contributed by atoms with Crippen molar-refractivity contribution in [3.63, 3.8) is 0 Å². The Kier molecular flexibility index (Phi) is 3.23. The molecule has 0 amide bonds. The summed E-state index contributed by atoms with van der Waals surface area (Å²) in [6, 6.07) is 4.04. The first-order valence-electron chi connectivity index (χ1n) is 7.12. The van der Waals surface area contributed by atoms with Crippen molar-refractivity contribution in [3.8, 4) is 0 Å². The van der Waals surface area contributed by atoms with Gasteiger partial charge in [-0.1, -0.05) is 0 Å². The van der Waals surface area contributed by atoms with E-state index >= 15 is 0 Å². The van der Waals surface area contributed by atoms with Gasteiger partial charge in [-0.3, -0.25) is 4.98 Å². The average molecular weight is 297 g/mol. The van der Waals surface area contributed by atoms with Crippen molar-refractivity contribution >= 4 is 28.3 Å². The zero-order valence-corrected chi connectivity index (χ0v) is 12.3. The van der Waals surface area contributed by atoms with Crippen LogP contribution >= 0.6 is 11.3 Å². The fourth-order valence-corrected chi connectivity index (χ4v) is 3.61. The van der Waals surface area contributed by atoms with E-state index in [0.29, 0.717) is 11.6 Å². The Morgan fingerprint density at radius 1 is 1.10 bits per heavy atom. The largest absolute Gasteiger partial charge is 0.356 e. The van der Waals surface area contributed by atoms with Gasteiger partial charge in [0.05, 0.1) is 5.01 Å². The van der Waals surface area contributed by atoms with Crippen molar-refractivity contribution < 1.29 is 0 Å². The molecule has 4 heterocycles. The molecule has 0 aliphatic carbocycles. The summed E-state index contributed by atoms with van der Waals surface area (Å²) in [7, 11) is 0. The van der Waals surface area contributed by atoms with Gasteiger partial charge in [0.1, 0.15) is 11.3 Å². The van der Waals surface area contributed by atoms with Crippen LogP contribution in [0.1, 0.15) is 23.8 Å². The third-order valence-electron chi connectivity index (χ3n) is 3.86. The predicted molar refractivity (Wildman–Crippen MR) is 83.6 cm³/mol. The first-order valence-corrected chi connectivity index (χ1v) is 8.00. The molecule has 1 aliphatic rings. The lowest BCUT2D eigenvalue weighted by atomic mass is 9.99. The maximum absolute atomic E-state index is 4.65. The minimum Gasteiger partial charge on any atom is -0.356 e. The number of anilines is 1. The van der Waals surface area contributed by atoms with Crippen molar-refractivity contribution in [2.75, 3.05) is 18.0 Å². The monoisotopic (exact) mass is 297 g/mol. The molecule has 6 heteroatoms. The molecule has 1 fully saturated rings. The highest BCUT2D eigenvalue weighted by Gasteiger charge is 2.24. The summed E-state index contributed by atoms with van der Waals surface area (Å²) in [6.45, 7) is 2.02. The molecule has 4 rings (SSSR count). The smallest absolute Gasteiger partial charge is 0.180 e. The van der Waals surface area contributed by atoms with Gasteiger partial charge in [-0.2, -0.15) is 0 Å². The first kappa shape index (κ1) is 12.6. The molecule has 0 saturated carbocycles. The molecule has 1 saturated heterocycles. The van der Waals surface area contributed by atoms with Gasteiger partial charge >= 0.3 is 0 Å². The lowest BCUT2D eigenvalue weighted by Gasteiger charge is -2.32. The van der Waals surface area contributed by atoms with Crippen LogP contribution in [0.15, 0.2) is 36.1 Å². The molecule has 21 heavy (non-hydrogen) atoms. The van der Waals surface area contributed by atoms with Gasteiger partial charge in [-0.15, -0.1) is 11.3 Å². The van der Waals surface area contributed by atoms with Gasteiger partial charge in [0.15, 0.2) is 5.65 Å². The summed E-state index contributed by atoms with van der Waals surface area (Å²) in [6.07, 6.45) is 7.65. The lowest BCUT2D eigenvalue weighted by Crippen LogP contribution is -2.34. The standard InChI is InChI=1S/C15H15N5S/c1-2-11(15-18-7-9-21-15)10-20(8-1)13-4-3-12-14(19-13)17-6-5-16-12/h3-7,9,11H,1-2,8,10H2. The maximum Gasteiger partial charge on any atom is 0.180 e. The summed E-state index contributed by atoms with van der Waals surface area (Å²) in [4.78, 5) is 20.0. The number of aromatic nitrogens is 4. The van der Waals surface area contributed by atoms with Gasteiger partial charge in [0.25, 0.3) is 0 Å². The number of thiazole rings is 1. The molecular weight excluding hydrogens is 282 g/mol. The molecule has 1 aliphatic heterocycles. The van der Waals surface area contributed by atoms with E-state index in [-0.39, 0.29) is 0 Å². The SMILES string of the molecule is c1csc(C2CCCN(c3ccc4nccnc4n3)C2)n1. The number of piperidine rings is 1. The van der Waals surface area contributed by atoms with E-state index in [9.17, 15) is 0 Å². The molecule has 3 aromatic rings. The Balaban J connectivity index is 1.62. The number of pyridine rings is 1. The first-order chi connectivity index (χ1) is 10.4. The quantitative estimate of drug-likeness (QED) is 0.728. The van der Waals surface area contributed by atoms with Gasteiger partial charge in [-0.25, -0.2) is 15.0 Å². The van der Waals surface area contributed by atoms with Crippen molar-refractivity contribution in [1.82, 2.24) is 19.9 Å². The number of fused-ring (bicyclic) bond motifs is 1. The normalized spacial score (nSPS) is 19.0. The number of hydrogen-bond acceptors (Lipinski definition) is 6. The van der Waals surface area contributed by atoms with Crippen LogP contribution in [0.5, 0.6) is 0 Å². The molecule has 0 spiro atoms. The second-order valence-corrected chi connectivity index (χ2v) is 6.15. The third kappa shape index (κ3) is 2.47. The zero-order valence-electron chi connectivity index (χ0n) is 11.5. The fraction of sp³-hybridized carbons (Fsp3) is 0.333. The highest BCUT2D eigenvalue weighted by molar-refractivity contribution is 7.09. The Hall–Kier alpha value is -2.08. The highest BCUT2D eigenvalue weighted by Crippen LogP contribution is 2.30. The summed E-state index contributed by atoms with van der Waals surface area (Å²) in [5.74, 6) is 1.50. The van der Waals surface area contributed by atoms with E-state index < -0.39 is 0 Å². The number of rotatable bonds is 2. The molecule has 0 radical (unpaired) electrons. The molecule has 1 unspecified atom stereocenters.